The van der Waals surface area contributed by atoms with Gasteiger partial charge in [-0.15, -0.1) is 0 Å². The first-order chi connectivity index (χ1) is 6.22. The number of fused-ring (bicyclic) bond motifs is 1. The minimum Gasteiger partial charge on any atom is -0.494 e. The Labute approximate surface area is 75.0 Å². The summed E-state index contributed by atoms with van der Waals surface area (Å²) < 4.78 is 0. The molecule has 2 N–H and O–H groups in total. The van der Waals surface area contributed by atoms with Crippen LogP contribution in [0.1, 0.15) is 15.9 Å². The summed E-state index contributed by atoms with van der Waals surface area (Å²) in [5.41, 5.74) is 2.21. The molecule has 0 bridgehead atoms. The van der Waals surface area contributed by atoms with E-state index in [1.807, 2.05) is 25.1 Å². The van der Waals surface area contributed by atoms with E-state index in [0.717, 1.165) is 16.5 Å². The molecule has 1 aromatic carbocycles. The molecule has 3 heteroatoms. The summed E-state index contributed by atoms with van der Waals surface area (Å²) in [7, 11) is 0. The third-order valence-electron chi connectivity index (χ3n) is 2.09. The zero-order chi connectivity index (χ0) is 9.42. The summed E-state index contributed by atoms with van der Waals surface area (Å²) in [5.74, 6) is -0.0596. The minimum absolute atomic E-state index is 0.0596. The van der Waals surface area contributed by atoms with Gasteiger partial charge in [-0.3, -0.25) is 4.79 Å². The highest BCUT2D eigenvalue weighted by atomic mass is 16.3. The number of hydrogen-bond acceptors (Lipinski definition) is 2. The first-order valence-corrected chi connectivity index (χ1v) is 3.99. The van der Waals surface area contributed by atoms with Crippen LogP contribution in [0.15, 0.2) is 18.2 Å². The van der Waals surface area contributed by atoms with Crippen molar-refractivity contribution in [1.82, 2.24) is 4.98 Å². The normalized spacial score (nSPS) is 10.5. The monoisotopic (exact) mass is 175 g/mol. The molecule has 0 fully saturated rings. The van der Waals surface area contributed by atoms with Gasteiger partial charge in [-0.25, -0.2) is 0 Å². The van der Waals surface area contributed by atoms with E-state index in [1.165, 1.54) is 0 Å². The topological polar surface area (TPSA) is 53.1 Å². The first kappa shape index (κ1) is 7.86. The average molecular weight is 175 g/mol. The second kappa shape index (κ2) is 2.62. The average Bonchev–Trinajstić information content (AvgIpc) is 2.39. The van der Waals surface area contributed by atoms with Crippen molar-refractivity contribution in [3.63, 3.8) is 0 Å². The summed E-state index contributed by atoms with van der Waals surface area (Å²) in [5, 5.41) is 10.1. The van der Waals surface area contributed by atoms with Crippen LogP contribution in [0, 0.1) is 6.92 Å². The van der Waals surface area contributed by atoms with Crippen molar-refractivity contribution in [1.29, 1.82) is 0 Å². The molecule has 1 heterocycles. The number of aryl methyl sites for hydroxylation is 1. The number of aromatic hydroxyl groups is 1. The fourth-order valence-electron chi connectivity index (χ4n) is 1.44. The summed E-state index contributed by atoms with van der Waals surface area (Å²) in [6.07, 6.45) is 0.656. The summed E-state index contributed by atoms with van der Waals surface area (Å²) in [6.45, 7) is 1.96. The number of rotatable bonds is 1. The van der Waals surface area contributed by atoms with Gasteiger partial charge in [-0.05, 0) is 18.6 Å². The zero-order valence-corrected chi connectivity index (χ0v) is 7.16. The lowest BCUT2D eigenvalue weighted by atomic mass is 10.1. The second-order valence-electron chi connectivity index (χ2n) is 3.05. The highest BCUT2D eigenvalue weighted by Gasteiger charge is 2.08. The Balaban J connectivity index is 2.86. The number of carbonyl (C=O) groups is 1. The molecular formula is C10H9NO2. The molecule has 0 radical (unpaired) electrons. The van der Waals surface area contributed by atoms with Crippen molar-refractivity contribution < 1.29 is 9.90 Å². The number of aromatic nitrogens is 1. The van der Waals surface area contributed by atoms with Gasteiger partial charge < -0.3 is 10.1 Å². The third-order valence-corrected chi connectivity index (χ3v) is 2.09. The Morgan fingerprint density at radius 1 is 1.46 bits per heavy atom. The molecule has 0 spiro atoms. The van der Waals surface area contributed by atoms with Gasteiger partial charge in [0.05, 0.1) is 5.56 Å². The predicted octanol–water partition coefficient (Wildman–Crippen LogP) is 1.99. The number of H-pyrrole nitrogens is 1. The fourth-order valence-corrected chi connectivity index (χ4v) is 1.44. The summed E-state index contributed by atoms with van der Waals surface area (Å²) >= 11 is 0. The van der Waals surface area contributed by atoms with Crippen molar-refractivity contribution in [3.05, 3.63) is 29.3 Å². The summed E-state index contributed by atoms with van der Waals surface area (Å²) in [4.78, 5) is 13.4. The van der Waals surface area contributed by atoms with E-state index in [9.17, 15) is 9.90 Å². The smallest absolute Gasteiger partial charge is 0.200 e. The lowest BCUT2D eigenvalue weighted by Gasteiger charge is -1.91. The Morgan fingerprint density at radius 3 is 2.92 bits per heavy atom. The standard InChI is InChI=1S/C10H9NO2/c1-6-2-3-7-8(5-12)10(13)11-9(7)4-6/h2-5,11,13H,1H3. The first-order valence-electron chi connectivity index (χ1n) is 3.99. The molecule has 0 aliphatic carbocycles. The Kier molecular flexibility index (Phi) is 1.59. The molecule has 0 aliphatic rings. The molecule has 0 saturated heterocycles. The van der Waals surface area contributed by atoms with E-state index >= 15 is 0 Å². The van der Waals surface area contributed by atoms with E-state index < -0.39 is 0 Å². The number of aromatic amines is 1. The molecule has 2 rings (SSSR count). The van der Waals surface area contributed by atoms with E-state index in [-0.39, 0.29) is 5.88 Å². The van der Waals surface area contributed by atoms with E-state index in [0.29, 0.717) is 11.8 Å². The van der Waals surface area contributed by atoms with Gasteiger partial charge in [0.2, 0.25) is 0 Å². The van der Waals surface area contributed by atoms with Gasteiger partial charge in [0.1, 0.15) is 0 Å². The zero-order valence-electron chi connectivity index (χ0n) is 7.16. The van der Waals surface area contributed by atoms with Gasteiger partial charge >= 0.3 is 0 Å². The van der Waals surface area contributed by atoms with Crippen LogP contribution < -0.4 is 0 Å². The Hall–Kier alpha value is -1.77. The van der Waals surface area contributed by atoms with Crippen LogP contribution in [-0.4, -0.2) is 16.4 Å². The molecular weight excluding hydrogens is 166 g/mol. The molecule has 0 aliphatic heterocycles. The molecule has 3 nitrogen and oxygen atoms in total. The fraction of sp³-hybridized carbons (Fsp3) is 0.100. The maximum absolute atomic E-state index is 10.6. The van der Waals surface area contributed by atoms with E-state index in [1.54, 1.807) is 0 Å². The van der Waals surface area contributed by atoms with Gasteiger partial charge in [0.15, 0.2) is 12.2 Å². The molecule has 1 aromatic heterocycles. The van der Waals surface area contributed by atoms with Crippen molar-refractivity contribution in [2.75, 3.05) is 0 Å². The molecule has 0 saturated carbocycles. The SMILES string of the molecule is Cc1ccc2c(C=O)c(O)[nH]c2c1. The largest absolute Gasteiger partial charge is 0.494 e. The highest BCUT2D eigenvalue weighted by Crippen LogP contribution is 2.25. The number of carbonyl (C=O) groups excluding carboxylic acids is 1. The van der Waals surface area contributed by atoms with Crippen molar-refractivity contribution in [3.8, 4) is 5.88 Å². The van der Waals surface area contributed by atoms with E-state index in [4.69, 9.17) is 0 Å². The number of aldehydes is 1. The van der Waals surface area contributed by atoms with Crippen LogP contribution in [0.4, 0.5) is 0 Å². The van der Waals surface area contributed by atoms with Gasteiger partial charge in [0.25, 0.3) is 0 Å². The number of benzene rings is 1. The van der Waals surface area contributed by atoms with Gasteiger partial charge in [0, 0.05) is 10.9 Å². The van der Waals surface area contributed by atoms with Crippen molar-refractivity contribution in [2.24, 2.45) is 0 Å². The lowest BCUT2D eigenvalue weighted by molar-refractivity contribution is 0.112. The molecule has 66 valence electrons. The van der Waals surface area contributed by atoms with Gasteiger partial charge in [-0.2, -0.15) is 0 Å². The van der Waals surface area contributed by atoms with Crippen molar-refractivity contribution >= 4 is 17.2 Å². The molecule has 13 heavy (non-hydrogen) atoms. The number of hydrogen-bond donors (Lipinski definition) is 2. The predicted molar refractivity (Wildman–Crippen MR) is 50.1 cm³/mol. The molecule has 0 unspecified atom stereocenters. The van der Waals surface area contributed by atoms with Crippen LogP contribution in [0.25, 0.3) is 10.9 Å². The second-order valence-corrected chi connectivity index (χ2v) is 3.05. The number of nitrogens with one attached hydrogen (secondary N) is 1. The maximum atomic E-state index is 10.6. The highest BCUT2D eigenvalue weighted by molar-refractivity contribution is 6.00. The van der Waals surface area contributed by atoms with Gasteiger partial charge in [-0.1, -0.05) is 12.1 Å². The lowest BCUT2D eigenvalue weighted by Crippen LogP contribution is -1.76. The quantitative estimate of drug-likeness (QED) is 0.651. The van der Waals surface area contributed by atoms with Crippen LogP contribution in [0.3, 0.4) is 0 Å². The maximum Gasteiger partial charge on any atom is 0.200 e. The summed E-state index contributed by atoms with van der Waals surface area (Å²) in [6, 6.07) is 5.62. The van der Waals surface area contributed by atoms with E-state index in [2.05, 4.69) is 4.98 Å². The van der Waals surface area contributed by atoms with Crippen LogP contribution in [0.5, 0.6) is 5.88 Å². The molecule has 0 amide bonds. The van der Waals surface area contributed by atoms with Crippen LogP contribution >= 0.6 is 0 Å². The minimum atomic E-state index is -0.0596. The Bertz CT molecular complexity index is 471. The van der Waals surface area contributed by atoms with Crippen LogP contribution in [-0.2, 0) is 0 Å². The van der Waals surface area contributed by atoms with Crippen molar-refractivity contribution in [2.45, 2.75) is 6.92 Å². The molecule has 0 atom stereocenters. The van der Waals surface area contributed by atoms with Crippen LogP contribution in [0.2, 0.25) is 0 Å². The third kappa shape index (κ3) is 1.09. The molecule has 2 aromatic rings. The Morgan fingerprint density at radius 2 is 2.23 bits per heavy atom.